The fraction of sp³-hybridized carbons (Fsp3) is 0.375. The van der Waals surface area contributed by atoms with Gasteiger partial charge in [-0.2, -0.15) is 0 Å². The van der Waals surface area contributed by atoms with E-state index in [-0.39, 0.29) is 0 Å². The van der Waals surface area contributed by atoms with E-state index in [1.54, 1.807) is 26.8 Å². The molecule has 0 aliphatic carbocycles. The first-order valence-electron chi connectivity index (χ1n) is 3.25. The summed E-state index contributed by atoms with van der Waals surface area (Å²) in [4.78, 5) is 19.6. The Hall–Kier alpha value is -1.25. The number of hydrogen-bond donors (Lipinski definition) is 0. The summed E-state index contributed by atoms with van der Waals surface area (Å²) in [6.07, 6.45) is 1.69. The van der Waals surface area contributed by atoms with Crippen LogP contribution < -0.4 is 0 Å². The average molecular weight is 156 g/mol. The van der Waals surface area contributed by atoms with Crippen molar-refractivity contribution >= 4 is 5.97 Å². The van der Waals surface area contributed by atoms with Gasteiger partial charge in [0.1, 0.15) is 5.76 Å². The summed E-state index contributed by atoms with van der Waals surface area (Å²) in [5, 5.41) is 0. The van der Waals surface area contributed by atoms with E-state index in [2.05, 4.69) is 16.4 Å². The van der Waals surface area contributed by atoms with Gasteiger partial charge in [0, 0.05) is 5.57 Å². The number of hydrogen-bond acceptors (Lipinski definition) is 3. The van der Waals surface area contributed by atoms with Crippen molar-refractivity contribution in [3.8, 4) is 0 Å². The lowest BCUT2D eigenvalue weighted by Crippen LogP contribution is -2.04. The van der Waals surface area contributed by atoms with Crippen molar-refractivity contribution in [1.82, 2.24) is 0 Å². The number of carbonyl (C=O) groups is 1. The fourth-order valence-corrected chi connectivity index (χ4v) is 0.223. The van der Waals surface area contributed by atoms with Crippen LogP contribution >= 0.6 is 0 Å². The maximum absolute atomic E-state index is 10.7. The van der Waals surface area contributed by atoms with E-state index in [4.69, 9.17) is 0 Å². The maximum Gasteiger partial charge on any atom is 0.381 e. The van der Waals surface area contributed by atoms with E-state index >= 15 is 0 Å². The van der Waals surface area contributed by atoms with Gasteiger partial charge in [-0.1, -0.05) is 6.58 Å². The standard InChI is InChI=1S/C8H12O3/c1-5-7(4)10-11-8(9)6(2)3/h5H,2H2,1,3-4H3. The molecule has 0 aromatic carbocycles. The van der Waals surface area contributed by atoms with E-state index in [0.717, 1.165) is 0 Å². The second-order valence-electron chi connectivity index (χ2n) is 2.13. The Morgan fingerprint density at radius 3 is 2.27 bits per heavy atom. The van der Waals surface area contributed by atoms with Crippen LogP contribution in [0.15, 0.2) is 24.0 Å². The van der Waals surface area contributed by atoms with Gasteiger partial charge < -0.3 is 0 Å². The summed E-state index contributed by atoms with van der Waals surface area (Å²) in [6.45, 7) is 8.40. The molecule has 0 fully saturated rings. The molecule has 0 radical (unpaired) electrons. The van der Waals surface area contributed by atoms with Gasteiger partial charge in [0.2, 0.25) is 0 Å². The van der Waals surface area contributed by atoms with Crippen LogP contribution in [0.1, 0.15) is 20.8 Å². The highest BCUT2D eigenvalue weighted by Gasteiger charge is 2.03. The highest BCUT2D eigenvalue weighted by atomic mass is 17.2. The topological polar surface area (TPSA) is 35.5 Å². The van der Waals surface area contributed by atoms with Crippen molar-refractivity contribution in [2.75, 3.05) is 0 Å². The Balaban J connectivity index is 3.72. The van der Waals surface area contributed by atoms with E-state index < -0.39 is 5.97 Å². The number of allylic oxidation sites excluding steroid dienone is 2. The predicted molar refractivity (Wildman–Crippen MR) is 41.4 cm³/mol. The molecule has 3 nitrogen and oxygen atoms in total. The molecule has 0 unspecified atom stereocenters. The molecule has 62 valence electrons. The minimum Gasteiger partial charge on any atom is -0.292 e. The molecule has 0 aromatic rings. The molecule has 0 heterocycles. The van der Waals surface area contributed by atoms with E-state index in [1.165, 1.54) is 0 Å². The van der Waals surface area contributed by atoms with Crippen LogP contribution in [0.25, 0.3) is 0 Å². The minimum atomic E-state index is -0.550. The van der Waals surface area contributed by atoms with Crippen LogP contribution in [0.5, 0.6) is 0 Å². The van der Waals surface area contributed by atoms with Gasteiger partial charge in [-0.05, 0) is 26.8 Å². The molecule has 0 saturated heterocycles. The molecule has 0 atom stereocenters. The number of carbonyl (C=O) groups excluding carboxylic acids is 1. The van der Waals surface area contributed by atoms with Gasteiger partial charge in [-0.15, -0.1) is 0 Å². The Kier molecular flexibility index (Phi) is 4.03. The van der Waals surface area contributed by atoms with Crippen molar-refractivity contribution in [3.05, 3.63) is 24.0 Å². The normalized spacial score (nSPS) is 10.6. The van der Waals surface area contributed by atoms with Crippen molar-refractivity contribution in [2.45, 2.75) is 20.8 Å². The van der Waals surface area contributed by atoms with Crippen LogP contribution in [0.2, 0.25) is 0 Å². The summed E-state index contributed by atoms with van der Waals surface area (Å²) >= 11 is 0. The molecule has 0 spiro atoms. The van der Waals surface area contributed by atoms with Crippen LogP contribution in [0.3, 0.4) is 0 Å². The summed E-state index contributed by atoms with van der Waals surface area (Å²) in [5.41, 5.74) is 0.314. The van der Waals surface area contributed by atoms with E-state index in [9.17, 15) is 4.79 Å². The first-order chi connectivity index (χ1) is 5.07. The molecule has 0 aliphatic heterocycles. The second kappa shape index (κ2) is 4.55. The van der Waals surface area contributed by atoms with Crippen molar-refractivity contribution in [3.63, 3.8) is 0 Å². The van der Waals surface area contributed by atoms with Gasteiger partial charge in [0.05, 0.1) is 0 Å². The second-order valence-corrected chi connectivity index (χ2v) is 2.13. The van der Waals surface area contributed by atoms with Gasteiger partial charge in [0.15, 0.2) is 0 Å². The molecule has 0 amide bonds. The lowest BCUT2D eigenvalue weighted by molar-refractivity contribution is -0.242. The predicted octanol–water partition coefficient (Wildman–Crippen LogP) is 1.96. The summed E-state index contributed by atoms with van der Waals surface area (Å²) < 4.78 is 0. The third-order valence-electron chi connectivity index (χ3n) is 1.00. The van der Waals surface area contributed by atoms with Crippen LogP contribution in [0.4, 0.5) is 0 Å². The van der Waals surface area contributed by atoms with Crippen LogP contribution in [-0.2, 0) is 14.6 Å². The quantitative estimate of drug-likeness (QED) is 0.271. The first kappa shape index (κ1) is 9.75. The summed E-state index contributed by atoms with van der Waals surface area (Å²) in [7, 11) is 0. The number of rotatable bonds is 3. The average Bonchev–Trinajstić information content (AvgIpc) is 1.99. The minimum absolute atomic E-state index is 0.314. The van der Waals surface area contributed by atoms with Crippen LogP contribution in [0, 0.1) is 0 Å². The molecule has 0 bridgehead atoms. The molecule has 3 heteroatoms. The Labute approximate surface area is 66.2 Å². The van der Waals surface area contributed by atoms with Crippen molar-refractivity contribution in [2.24, 2.45) is 0 Å². The summed E-state index contributed by atoms with van der Waals surface area (Å²) in [5.74, 6) is -0.00852. The largest absolute Gasteiger partial charge is 0.381 e. The van der Waals surface area contributed by atoms with Crippen molar-refractivity contribution < 1.29 is 14.6 Å². The molecular formula is C8H12O3. The molecule has 0 rings (SSSR count). The maximum atomic E-state index is 10.7. The van der Waals surface area contributed by atoms with Gasteiger partial charge in [-0.25, -0.2) is 9.68 Å². The summed E-state index contributed by atoms with van der Waals surface area (Å²) in [6, 6.07) is 0. The molecule has 11 heavy (non-hydrogen) atoms. The smallest absolute Gasteiger partial charge is 0.292 e. The van der Waals surface area contributed by atoms with E-state index in [0.29, 0.717) is 11.3 Å². The van der Waals surface area contributed by atoms with Crippen LogP contribution in [-0.4, -0.2) is 5.97 Å². The fourth-order valence-electron chi connectivity index (χ4n) is 0.223. The molecule has 0 saturated carbocycles. The Bertz CT molecular complexity index is 192. The Morgan fingerprint density at radius 2 is 1.91 bits per heavy atom. The van der Waals surface area contributed by atoms with Gasteiger partial charge in [0.25, 0.3) is 0 Å². The van der Waals surface area contributed by atoms with E-state index in [1.807, 2.05) is 0 Å². The van der Waals surface area contributed by atoms with Gasteiger partial charge >= 0.3 is 5.97 Å². The highest BCUT2D eigenvalue weighted by molar-refractivity contribution is 5.86. The third kappa shape index (κ3) is 4.19. The molecule has 0 aromatic heterocycles. The third-order valence-corrected chi connectivity index (χ3v) is 1.00. The SMILES string of the molecule is C=C(C)C(=O)OOC(C)=CC. The zero-order chi connectivity index (χ0) is 8.85. The molecule has 0 N–H and O–H groups in total. The van der Waals surface area contributed by atoms with Crippen molar-refractivity contribution in [1.29, 1.82) is 0 Å². The lowest BCUT2D eigenvalue weighted by Gasteiger charge is -2.02. The zero-order valence-corrected chi connectivity index (χ0v) is 7.01. The zero-order valence-electron chi connectivity index (χ0n) is 7.01. The molecule has 0 aliphatic rings. The Morgan fingerprint density at radius 1 is 1.36 bits per heavy atom. The lowest BCUT2D eigenvalue weighted by atomic mass is 10.4. The molecular weight excluding hydrogens is 144 g/mol. The van der Waals surface area contributed by atoms with Gasteiger partial charge in [-0.3, -0.25) is 4.89 Å². The monoisotopic (exact) mass is 156 g/mol. The highest BCUT2D eigenvalue weighted by Crippen LogP contribution is 1.99. The first-order valence-corrected chi connectivity index (χ1v) is 3.25.